The van der Waals surface area contributed by atoms with Gasteiger partial charge in [-0.05, 0) is 48.5 Å². The third-order valence-corrected chi connectivity index (χ3v) is 3.73. The zero-order valence-electron chi connectivity index (χ0n) is 11.1. The predicted molar refractivity (Wildman–Crippen MR) is 84.5 cm³/mol. The molecule has 1 aromatic heterocycles. The third kappa shape index (κ3) is 4.20. The number of amides is 1. The number of halogens is 1. The molecule has 5 heteroatoms. The highest BCUT2D eigenvalue weighted by Gasteiger charge is 2.08. The number of hydrogen-bond donors (Lipinski definition) is 2. The van der Waals surface area contributed by atoms with Crippen LogP contribution in [-0.2, 0) is 0 Å². The Morgan fingerprint density at radius 1 is 1.37 bits per heavy atom. The molecule has 0 aliphatic rings. The molecule has 0 radical (unpaired) electrons. The minimum absolute atomic E-state index is 0. The molecule has 0 spiro atoms. The highest BCUT2D eigenvalue weighted by molar-refractivity contribution is 7.17. The van der Waals surface area contributed by atoms with E-state index in [1.54, 1.807) is 11.3 Å². The van der Waals surface area contributed by atoms with Gasteiger partial charge in [0, 0.05) is 22.8 Å². The summed E-state index contributed by atoms with van der Waals surface area (Å²) in [5, 5.41) is 9.38. The van der Waals surface area contributed by atoms with Crippen LogP contribution in [0.5, 0.6) is 0 Å². The van der Waals surface area contributed by atoms with Crippen LogP contribution in [0.3, 0.4) is 0 Å². The van der Waals surface area contributed by atoms with Crippen molar-refractivity contribution in [1.82, 2.24) is 10.6 Å². The molecule has 1 heterocycles. The van der Waals surface area contributed by atoms with E-state index in [-0.39, 0.29) is 18.3 Å². The molecule has 2 N–H and O–H groups in total. The van der Waals surface area contributed by atoms with Crippen LogP contribution in [0.2, 0.25) is 0 Å². The summed E-state index contributed by atoms with van der Waals surface area (Å²) in [5.41, 5.74) is 0.726. The number of rotatable bonds is 5. The van der Waals surface area contributed by atoms with Crippen molar-refractivity contribution in [1.29, 1.82) is 0 Å². The molecule has 1 aromatic carbocycles. The van der Waals surface area contributed by atoms with E-state index in [2.05, 4.69) is 24.5 Å². The molecule has 0 aliphatic heterocycles. The number of fused-ring (bicyclic) bond motifs is 1. The minimum atomic E-state index is -0.00662. The van der Waals surface area contributed by atoms with Crippen LogP contribution in [0.15, 0.2) is 29.6 Å². The fourth-order valence-corrected chi connectivity index (χ4v) is 2.65. The van der Waals surface area contributed by atoms with Gasteiger partial charge in [-0.3, -0.25) is 4.79 Å². The number of carbonyl (C=O) groups excluding carboxylic acids is 1. The van der Waals surface area contributed by atoms with Crippen LogP contribution in [0.25, 0.3) is 10.1 Å². The van der Waals surface area contributed by atoms with Crippen molar-refractivity contribution in [2.45, 2.75) is 19.9 Å². The lowest BCUT2D eigenvalue weighted by Gasteiger charge is -2.13. The van der Waals surface area contributed by atoms with Crippen molar-refractivity contribution in [3.05, 3.63) is 35.2 Å². The largest absolute Gasteiger partial charge is 0.350 e. The average Bonchev–Trinajstić information content (AvgIpc) is 2.83. The Morgan fingerprint density at radius 2 is 2.16 bits per heavy atom. The number of benzene rings is 1. The van der Waals surface area contributed by atoms with Crippen LogP contribution in [0.1, 0.15) is 24.2 Å². The number of carbonyl (C=O) groups is 1. The van der Waals surface area contributed by atoms with Gasteiger partial charge in [0.15, 0.2) is 0 Å². The van der Waals surface area contributed by atoms with E-state index in [1.807, 2.05) is 29.6 Å². The Balaban J connectivity index is 0.00000180. The van der Waals surface area contributed by atoms with Crippen LogP contribution < -0.4 is 10.6 Å². The molecule has 0 aliphatic carbocycles. The molecule has 104 valence electrons. The van der Waals surface area contributed by atoms with Crippen LogP contribution in [0.4, 0.5) is 0 Å². The number of thiophene rings is 1. The van der Waals surface area contributed by atoms with Crippen molar-refractivity contribution >= 4 is 39.7 Å². The maximum absolute atomic E-state index is 12.0. The topological polar surface area (TPSA) is 41.1 Å². The van der Waals surface area contributed by atoms with Gasteiger partial charge in [-0.25, -0.2) is 0 Å². The number of nitrogens with one attached hydrogen (secondary N) is 2. The Labute approximate surface area is 123 Å². The summed E-state index contributed by atoms with van der Waals surface area (Å²) in [7, 11) is 0. The van der Waals surface area contributed by atoms with Gasteiger partial charge in [0.05, 0.1) is 0 Å². The van der Waals surface area contributed by atoms with Gasteiger partial charge in [-0.2, -0.15) is 0 Å². The molecular formula is C14H19ClN2OS. The van der Waals surface area contributed by atoms with Gasteiger partial charge in [0.2, 0.25) is 0 Å². The van der Waals surface area contributed by atoms with Gasteiger partial charge in [0.25, 0.3) is 5.91 Å². The monoisotopic (exact) mass is 298 g/mol. The van der Waals surface area contributed by atoms with E-state index in [0.717, 1.165) is 17.5 Å². The molecule has 0 bridgehead atoms. The van der Waals surface area contributed by atoms with E-state index in [4.69, 9.17) is 0 Å². The molecule has 2 rings (SSSR count). The molecule has 1 atom stereocenters. The first-order chi connectivity index (χ1) is 8.70. The molecule has 0 saturated heterocycles. The maximum atomic E-state index is 12.0. The smallest absolute Gasteiger partial charge is 0.251 e. The fraction of sp³-hybridized carbons (Fsp3) is 0.357. The van der Waals surface area contributed by atoms with Crippen molar-refractivity contribution in [2.24, 2.45) is 0 Å². The summed E-state index contributed by atoms with van der Waals surface area (Å²) in [4.78, 5) is 12.0. The average molecular weight is 299 g/mol. The summed E-state index contributed by atoms with van der Waals surface area (Å²) < 4.78 is 1.22. The lowest BCUT2D eigenvalue weighted by molar-refractivity contribution is 0.0950. The Bertz CT molecular complexity index is 541. The molecule has 3 nitrogen and oxygen atoms in total. The van der Waals surface area contributed by atoms with Crippen molar-refractivity contribution in [3.63, 3.8) is 0 Å². The van der Waals surface area contributed by atoms with E-state index in [9.17, 15) is 4.79 Å². The molecular weight excluding hydrogens is 280 g/mol. The van der Waals surface area contributed by atoms with Gasteiger partial charge < -0.3 is 10.6 Å². The van der Waals surface area contributed by atoms with Gasteiger partial charge in [-0.15, -0.1) is 23.7 Å². The van der Waals surface area contributed by atoms with E-state index >= 15 is 0 Å². The number of likely N-dealkylation sites (N-methyl/N-ethyl adjacent to an activating group) is 1. The minimum Gasteiger partial charge on any atom is -0.350 e. The predicted octanol–water partition coefficient (Wildman–Crippen LogP) is 3.05. The Hall–Kier alpha value is -1.10. The summed E-state index contributed by atoms with van der Waals surface area (Å²) in [6.07, 6.45) is 0. The standard InChI is InChI=1S/C14H18N2OS.ClH/c1-3-15-10(2)9-16-14(17)12-4-5-13-11(8-12)6-7-18-13;/h4-8,10,15H,3,9H2,1-2H3,(H,16,17);1H/t10-;/m1./s1. The molecule has 19 heavy (non-hydrogen) atoms. The Morgan fingerprint density at radius 3 is 2.89 bits per heavy atom. The lowest BCUT2D eigenvalue weighted by atomic mass is 10.1. The quantitative estimate of drug-likeness (QED) is 0.891. The van der Waals surface area contributed by atoms with Crippen LogP contribution >= 0.6 is 23.7 Å². The molecule has 2 aromatic rings. The van der Waals surface area contributed by atoms with Gasteiger partial charge >= 0.3 is 0 Å². The normalized spacial score (nSPS) is 11.9. The van der Waals surface area contributed by atoms with Crippen molar-refractivity contribution < 1.29 is 4.79 Å². The lowest BCUT2D eigenvalue weighted by Crippen LogP contribution is -2.38. The molecule has 1 amide bonds. The maximum Gasteiger partial charge on any atom is 0.251 e. The second-order valence-corrected chi connectivity index (χ2v) is 5.29. The van der Waals surface area contributed by atoms with Gasteiger partial charge in [0.1, 0.15) is 0 Å². The molecule has 0 fully saturated rings. The van der Waals surface area contributed by atoms with E-state index in [1.165, 1.54) is 4.70 Å². The van der Waals surface area contributed by atoms with Crippen LogP contribution in [-0.4, -0.2) is 25.0 Å². The highest BCUT2D eigenvalue weighted by atomic mass is 35.5. The summed E-state index contributed by atoms with van der Waals surface area (Å²) in [5.74, 6) is -0.00662. The van der Waals surface area contributed by atoms with Crippen LogP contribution in [0, 0.1) is 0 Å². The fourth-order valence-electron chi connectivity index (χ4n) is 1.88. The van der Waals surface area contributed by atoms with Crippen molar-refractivity contribution in [3.8, 4) is 0 Å². The van der Waals surface area contributed by atoms with Crippen molar-refractivity contribution in [2.75, 3.05) is 13.1 Å². The first-order valence-electron chi connectivity index (χ1n) is 6.19. The first kappa shape index (κ1) is 16.0. The second-order valence-electron chi connectivity index (χ2n) is 4.34. The highest BCUT2D eigenvalue weighted by Crippen LogP contribution is 2.21. The zero-order chi connectivity index (χ0) is 13.0. The second kappa shape index (κ2) is 7.48. The SMILES string of the molecule is CCN[C@H](C)CNC(=O)c1ccc2sccc2c1.Cl. The van der Waals surface area contributed by atoms with E-state index < -0.39 is 0 Å². The summed E-state index contributed by atoms with van der Waals surface area (Å²) >= 11 is 1.69. The molecule has 0 saturated carbocycles. The molecule has 0 unspecified atom stereocenters. The first-order valence-corrected chi connectivity index (χ1v) is 7.07. The number of hydrogen-bond acceptors (Lipinski definition) is 3. The van der Waals surface area contributed by atoms with Gasteiger partial charge in [-0.1, -0.05) is 6.92 Å². The zero-order valence-corrected chi connectivity index (χ0v) is 12.7. The Kier molecular flexibility index (Phi) is 6.28. The summed E-state index contributed by atoms with van der Waals surface area (Å²) in [6, 6.07) is 8.16. The van der Waals surface area contributed by atoms with E-state index in [0.29, 0.717) is 12.6 Å². The summed E-state index contributed by atoms with van der Waals surface area (Å²) in [6.45, 7) is 5.68. The third-order valence-electron chi connectivity index (χ3n) is 2.84.